The molecule has 1 aromatic rings. The van der Waals surface area contributed by atoms with Crippen LogP contribution in [0.5, 0.6) is 0 Å². The van der Waals surface area contributed by atoms with Gasteiger partial charge in [-0.3, -0.25) is 9.59 Å². The molecule has 0 saturated carbocycles. The second-order valence-electron chi connectivity index (χ2n) is 4.79. The molecule has 1 atom stereocenters. The molecule has 1 amide bonds. The number of rotatable bonds is 3. The van der Waals surface area contributed by atoms with Crippen molar-refractivity contribution in [1.29, 1.82) is 0 Å². The monoisotopic (exact) mass is 297 g/mol. The van der Waals surface area contributed by atoms with Gasteiger partial charge in [0, 0.05) is 27.1 Å². The van der Waals surface area contributed by atoms with E-state index in [2.05, 4.69) is 10.2 Å². The fourth-order valence-corrected chi connectivity index (χ4v) is 3.41. The van der Waals surface area contributed by atoms with Crippen LogP contribution in [0, 0.1) is 0 Å². The summed E-state index contributed by atoms with van der Waals surface area (Å²) in [5.74, 6) is -0.384. The van der Waals surface area contributed by atoms with E-state index in [1.165, 1.54) is 18.3 Å². The standard InChI is InChI=1S/C13H19N3O3S/c1-7-6-16(4-5-19-7)13-9(12(18)15-3)10(14)11(20-13)8(2)17/h7H,4-6,14H2,1-3H3,(H,15,18). The highest BCUT2D eigenvalue weighted by molar-refractivity contribution is 7.19. The Balaban J connectivity index is 2.47. The largest absolute Gasteiger partial charge is 0.397 e. The summed E-state index contributed by atoms with van der Waals surface area (Å²) in [6.07, 6.45) is 0.0883. The number of nitrogen functional groups attached to an aromatic ring is 1. The van der Waals surface area contributed by atoms with E-state index < -0.39 is 0 Å². The van der Waals surface area contributed by atoms with Gasteiger partial charge in [0.1, 0.15) is 5.00 Å². The van der Waals surface area contributed by atoms with Crippen LogP contribution in [0.2, 0.25) is 0 Å². The Morgan fingerprint density at radius 1 is 1.50 bits per heavy atom. The highest BCUT2D eigenvalue weighted by atomic mass is 32.1. The third-order valence-electron chi connectivity index (χ3n) is 3.23. The van der Waals surface area contributed by atoms with Crippen LogP contribution in [0.15, 0.2) is 0 Å². The third kappa shape index (κ3) is 2.64. The number of nitrogens with two attached hydrogens (primary N) is 1. The summed E-state index contributed by atoms with van der Waals surface area (Å²) in [4.78, 5) is 26.2. The Bertz CT molecular complexity index is 541. The zero-order valence-electron chi connectivity index (χ0n) is 11.9. The van der Waals surface area contributed by atoms with E-state index >= 15 is 0 Å². The van der Waals surface area contributed by atoms with Crippen molar-refractivity contribution in [2.75, 3.05) is 37.4 Å². The highest BCUT2D eigenvalue weighted by Crippen LogP contribution is 2.39. The van der Waals surface area contributed by atoms with Crippen molar-refractivity contribution < 1.29 is 14.3 Å². The second-order valence-corrected chi connectivity index (χ2v) is 5.79. The van der Waals surface area contributed by atoms with Crippen LogP contribution in [0.4, 0.5) is 10.7 Å². The summed E-state index contributed by atoms with van der Waals surface area (Å²) in [6.45, 7) is 5.41. The number of ether oxygens (including phenoxy) is 1. The molecule has 0 spiro atoms. The molecule has 110 valence electrons. The first-order chi connectivity index (χ1) is 9.45. The van der Waals surface area contributed by atoms with Crippen LogP contribution < -0.4 is 16.0 Å². The number of ketones is 1. The Labute approximate surface area is 121 Å². The summed E-state index contributed by atoms with van der Waals surface area (Å²) in [7, 11) is 1.55. The number of amides is 1. The van der Waals surface area contributed by atoms with Crippen LogP contribution in [-0.2, 0) is 4.74 Å². The first kappa shape index (κ1) is 14.8. The van der Waals surface area contributed by atoms with Crippen LogP contribution in [0.3, 0.4) is 0 Å². The van der Waals surface area contributed by atoms with Crippen LogP contribution in [0.1, 0.15) is 33.9 Å². The number of hydrogen-bond acceptors (Lipinski definition) is 6. The molecule has 6 nitrogen and oxygen atoms in total. The number of thiophene rings is 1. The zero-order valence-corrected chi connectivity index (χ0v) is 12.7. The van der Waals surface area contributed by atoms with Gasteiger partial charge in [-0.15, -0.1) is 11.3 Å². The number of anilines is 2. The Morgan fingerprint density at radius 2 is 2.20 bits per heavy atom. The molecule has 1 saturated heterocycles. The molecule has 0 aliphatic carbocycles. The van der Waals surface area contributed by atoms with E-state index in [0.29, 0.717) is 30.1 Å². The van der Waals surface area contributed by atoms with Gasteiger partial charge >= 0.3 is 0 Å². The van der Waals surface area contributed by atoms with Gasteiger partial charge in [0.25, 0.3) is 5.91 Å². The maximum absolute atomic E-state index is 12.1. The van der Waals surface area contributed by atoms with E-state index in [4.69, 9.17) is 10.5 Å². The van der Waals surface area contributed by atoms with Crippen LogP contribution in [0.25, 0.3) is 0 Å². The molecule has 1 aromatic heterocycles. The molecular formula is C13H19N3O3S. The molecular weight excluding hydrogens is 278 g/mol. The van der Waals surface area contributed by atoms with Gasteiger partial charge in [-0.2, -0.15) is 0 Å². The lowest BCUT2D eigenvalue weighted by molar-refractivity contribution is 0.0533. The summed E-state index contributed by atoms with van der Waals surface area (Å²) in [5.41, 5.74) is 6.67. The highest BCUT2D eigenvalue weighted by Gasteiger charge is 2.28. The molecule has 2 rings (SSSR count). The average Bonchev–Trinajstić information content (AvgIpc) is 2.75. The van der Waals surface area contributed by atoms with Crippen molar-refractivity contribution in [2.45, 2.75) is 20.0 Å². The molecule has 1 fully saturated rings. The number of nitrogens with one attached hydrogen (secondary N) is 1. The molecule has 1 aliphatic rings. The first-order valence-corrected chi connectivity index (χ1v) is 7.29. The number of hydrogen-bond donors (Lipinski definition) is 2. The van der Waals surface area contributed by atoms with E-state index in [0.717, 1.165) is 5.00 Å². The van der Waals surface area contributed by atoms with Crippen molar-refractivity contribution in [1.82, 2.24) is 5.32 Å². The van der Waals surface area contributed by atoms with Gasteiger partial charge in [0.05, 0.1) is 28.8 Å². The van der Waals surface area contributed by atoms with Gasteiger partial charge in [-0.25, -0.2) is 0 Å². The van der Waals surface area contributed by atoms with Gasteiger partial charge in [-0.1, -0.05) is 0 Å². The Morgan fingerprint density at radius 3 is 2.75 bits per heavy atom. The maximum atomic E-state index is 12.1. The molecule has 1 aliphatic heterocycles. The third-order valence-corrected chi connectivity index (χ3v) is 4.60. The molecule has 1 unspecified atom stereocenters. The number of morpholine rings is 1. The minimum absolute atomic E-state index is 0.0883. The Kier molecular flexibility index (Phi) is 4.29. The quantitative estimate of drug-likeness (QED) is 0.817. The number of Topliss-reactive ketones (excluding diaryl/α,β-unsaturated/α-hetero) is 1. The fourth-order valence-electron chi connectivity index (χ4n) is 2.26. The predicted molar refractivity (Wildman–Crippen MR) is 79.8 cm³/mol. The fraction of sp³-hybridized carbons (Fsp3) is 0.538. The van der Waals surface area contributed by atoms with Crippen molar-refractivity contribution in [3.8, 4) is 0 Å². The van der Waals surface area contributed by atoms with Crippen LogP contribution in [-0.4, -0.2) is 44.5 Å². The minimum Gasteiger partial charge on any atom is -0.397 e. The predicted octanol–water partition coefficient (Wildman–Crippen LogP) is 1.12. The number of carbonyl (C=O) groups excluding carboxylic acids is 2. The molecule has 0 bridgehead atoms. The van der Waals surface area contributed by atoms with Gasteiger partial charge in [0.15, 0.2) is 5.78 Å². The smallest absolute Gasteiger partial charge is 0.256 e. The normalized spacial score (nSPS) is 18.9. The molecule has 7 heteroatoms. The molecule has 20 heavy (non-hydrogen) atoms. The lowest BCUT2D eigenvalue weighted by Crippen LogP contribution is -2.41. The van der Waals surface area contributed by atoms with Gasteiger partial charge in [0.2, 0.25) is 0 Å². The van der Waals surface area contributed by atoms with Gasteiger partial charge in [-0.05, 0) is 6.92 Å². The Hall–Kier alpha value is -1.60. The van der Waals surface area contributed by atoms with Crippen molar-refractivity contribution in [3.63, 3.8) is 0 Å². The number of carbonyl (C=O) groups is 2. The van der Waals surface area contributed by atoms with E-state index in [-0.39, 0.29) is 23.5 Å². The summed E-state index contributed by atoms with van der Waals surface area (Å²) in [5, 5.41) is 3.34. The van der Waals surface area contributed by atoms with E-state index in [9.17, 15) is 9.59 Å². The van der Waals surface area contributed by atoms with Crippen LogP contribution >= 0.6 is 11.3 Å². The lowest BCUT2D eigenvalue weighted by Gasteiger charge is -2.32. The minimum atomic E-state index is -0.264. The average molecular weight is 297 g/mol. The molecule has 3 N–H and O–H groups in total. The molecule has 2 heterocycles. The SMILES string of the molecule is CNC(=O)c1c(N2CCOC(C)C2)sc(C(C)=O)c1N. The van der Waals surface area contributed by atoms with E-state index in [1.807, 2.05) is 6.92 Å². The molecule has 0 aromatic carbocycles. The topological polar surface area (TPSA) is 84.7 Å². The summed E-state index contributed by atoms with van der Waals surface area (Å²) in [6, 6.07) is 0. The maximum Gasteiger partial charge on any atom is 0.256 e. The van der Waals surface area contributed by atoms with Crippen molar-refractivity contribution in [2.24, 2.45) is 0 Å². The number of nitrogens with zero attached hydrogens (tertiary/aromatic N) is 1. The summed E-state index contributed by atoms with van der Waals surface area (Å²) < 4.78 is 5.50. The lowest BCUT2D eigenvalue weighted by atomic mass is 10.1. The van der Waals surface area contributed by atoms with Crippen molar-refractivity contribution >= 4 is 33.7 Å². The first-order valence-electron chi connectivity index (χ1n) is 6.47. The van der Waals surface area contributed by atoms with Crippen molar-refractivity contribution in [3.05, 3.63) is 10.4 Å². The van der Waals surface area contributed by atoms with Gasteiger partial charge < -0.3 is 20.7 Å². The second kappa shape index (κ2) is 5.80. The molecule has 0 radical (unpaired) electrons. The zero-order chi connectivity index (χ0) is 14.9. The van der Waals surface area contributed by atoms with E-state index in [1.54, 1.807) is 7.05 Å². The summed E-state index contributed by atoms with van der Waals surface area (Å²) >= 11 is 1.28.